The fourth-order valence-electron chi connectivity index (χ4n) is 3.16. The molecule has 3 aromatic rings. The Hall–Kier alpha value is -3.91. The second-order valence-corrected chi connectivity index (χ2v) is 9.14. The van der Waals surface area contributed by atoms with Gasteiger partial charge in [0.05, 0.1) is 12.8 Å². The minimum absolute atomic E-state index is 0.00560. The minimum Gasteiger partial charge on any atom is -0.494 e. The van der Waals surface area contributed by atoms with Crippen LogP contribution in [0, 0.1) is 0 Å². The highest BCUT2D eigenvalue weighted by Crippen LogP contribution is 2.28. The van der Waals surface area contributed by atoms with Crippen molar-refractivity contribution in [3.05, 3.63) is 83.4 Å². The van der Waals surface area contributed by atoms with Crippen LogP contribution in [0.5, 0.6) is 5.75 Å². The van der Waals surface area contributed by atoms with Crippen molar-refractivity contribution in [2.75, 3.05) is 23.5 Å². The van der Waals surface area contributed by atoms with Gasteiger partial charge in [-0.05, 0) is 71.7 Å². The molecule has 34 heavy (non-hydrogen) atoms. The van der Waals surface area contributed by atoms with Gasteiger partial charge in [0, 0.05) is 28.6 Å². The largest absolute Gasteiger partial charge is 0.494 e. The quantitative estimate of drug-likeness (QED) is 0.307. The lowest BCUT2D eigenvalue weighted by Gasteiger charge is -2.19. The van der Waals surface area contributed by atoms with E-state index >= 15 is 0 Å². The Kier molecular flexibility index (Phi) is 7.53. The summed E-state index contributed by atoms with van der Waals surface area (Å²) in [6.07, 6.45) is 0. The van der Waals surface area contributed by atoms with Gasteiger partial charge in [0.25, 0.3) is 11.8 Å². The fourth-order valence-corrected chi connectivity index (χ4v) is 3.37. The molecule has 0 atom stereocenters. The highest BCUT2D eigenvalue weighted by molar-refractivity contribution is 7.80. The molecule has 0 aromatic heterocycles. The number of rotatable bonds is 5. The predicted molar refractivity (Wildman–Crippen MR) is 141 cm³/mol. The molecule has 7 nitrogen and oxygen atoms in total. The number of nitrogens with two attached hydrogens (primary N) is 1. The van der Waals surface area contributed by atoms with Crippen molar-refractivity contribution in [2.45, 2.75) is 26.2 Å². The number of methoxy groups -OCH3 is 1. The number of nitrogen functional groups attached to an aromatic ring is 1. The summed E-state index contributed by atoms with van der Waals surface area (Å²) in [6, 6.07) is 19.1. The van der Waals surface area contributed by atoms with E-state index in [1.54, 1.807) is 54.6 Å². The predicted octanol–water partition coefficient (Wildman–Crippen LogP) is 4.95. The number of hydrogen-bond donors (Lipinski definition) is 4. The van der Waals surface area contributed by atoms with E-state index in [9.17, 15) is 9.59 Å². The van der Waals surface area contributed by atoms with E-state index in [0.717, 1.165) is 5.56 Å². The molecule has 176 valence electrons. The van der Waals surface area contributed by atoms with Crippen LogP contribution in [0.25, 0.3) is 0 Å². The van der Waals surface area contributed by atoms with E-state index in [4.69, 9.17) is 22.7 Å². The number of ether oxygens (including phenoxy) is 1. The number of nitrogens with one attached hydrogen (secondary N) is 3. The maximum atomic E-state index is 12.5. The molecule has 0 aliphatic rings. The molecule has 0 saturated carbocycles. The fraction of sp³-hybridized carbons (Fsp3) is 0.192. The summed E-state index contributed by atoms with van der Waals surface area (Å²) in [6.45, 7) is 6.35. The number of carbonyl (C=O) groups is 2. The van der Waals surface area contributed by atoms with E-state index in [2.05, 4.69) is 36.7 Å². The van der Waals surface area contributed by atoms with Crippen LogP contribution < -0.4 is 26.4 Å². The zero-order chi connectivity index (χ0) is 24.9. The second kappa shape index (κ2) is 10.4. The molecule has 8 heteroatoms. The van der Waals surface area contributed by atoms with E-state index in [1.807, 2.05) is 12.1 Å². The van der Waals surface area contributed by atoms with Crippen LogP contribution in [0.2, 0.25) is 0 Å². The monoisotopic (exact) mass is 476 g/mol. The Balaban J connectivity index is 1.63. The Labute approximate surface area is 204 Å². The van der Waals surface area contributed by atoms with Gasteiger partial charge in [0.2, 0.25) is 0 Å². The SMILES string of the molecule is COc1cc(NC(=S)NC(=O)c2ccc(C(C)(C)C)cc2)ccc1NC(=O)c1ccc(N)cc1. The maximum Gasteiger partial charge on any atom is 0.257 e. The molecule has 3 aromatic carbocycles. The summed E-state index contributed by atoms with van der Waals surface area (Å²) in [5.74, 6) is -0.169. The van der Waals surface area contributed by atoms with Crippen LogP contribution in [0.4, 0.5) is 17.1 Å². The first kappa shape index (κ1) is 24.7. The van der Waals surface area contributed by atoms with Crippen LogP contribution in [0.3, 0.4) is 0 Å². The van der Waals surface area contributed by atoms with Crippen molar-refractivity contribution in [3.63, 3.8) is 0 Å². The Morgan fingerprint density at radius 3 is 2.03 bits per heavy atom. The third kappa shape index (κ3) is 6.32. The van der Waals surface area contributed by atoms with Crippen molar-refractivity contribution < 1.29 is 14.3 Å². The van der Waals surface area contributed by atoms with Crippen LogP contribution in [0.1, 0.15) is 47.1 Å². The lowest BCUT2D eigenvalue weighted by Crippen LogP contribution is -2.34. The molecule has 0 spiro atoms. The number of carbonyl (C=O) groups excluding carboxylic acids is 2. The van der Waals surface area contributed by atoms with Crippen molar-refractivity contribution in [1.29, 1.82) is 0 Å². The van der Waals surface area contributed by atoms with Gasteiger partial charge in [-0.15, -0.1) is 0 Å². The summed E-state index contributed by atoms with van der Waals surface area (Å²) in [5, 5.41) is 8.59. The number of anilines is 3. The van der Waals surface area contributed by atoms with Crippen molar-refractivity contribution >= 4 is 46.2 Å². The lowest BCUT2D eigenvalue weighted by molar-refractivity contribution is 0.0976. The zero-order valence-corrected chi connectivity index (χ0v) is 20.4. The molecule has 0 fully saturated rings. The molecule has 0 unspecified atom stereocenters. The third-order valence-electron chi connectivity index (χ3n) is 5.12. The van der Waals surface area contributed by atoms with E-state index in [-0.39, 0.29) is 22.3 Å². The summed E-state index contributed by atoms with van der Waals surface area (Å²) < 4.78 is 5.41. The molecule has 0 aliphatic carbocycles. The van der Waals surface area contributed by atoms with Gasteiger partial charge < -0.3 is 21.1 Å². The number of amides is 2. The Bertz CT molecular complexity index is 1200. The van der Waals surface area contributed by atoms with Gasteiger partial charge in [-0.3, -0.25) is 14.9 Å². The van der Waals surface area contributed by atoms with Crippen LogP contribution in [0.15, 0.2) is 66.7 Å². The van der Waals surface area contributed by atoms with Crippen LogP contribution in [-0.4, -0.2) is 24.0 Å². The maximum absolute atomic E-state index is 12.5. The van der Waals surface area contributed by atoms with Crippen LogP contribution in [-0.2, 0) is 5.41 Å². The first-order valence-electron chi connectivity index (χ1n) is 10.6. The number of benzene rings is 3. The van der Waals surface area contributed by atoms with E-state index < -0.39 is 0 Å². The Morgan fingerprint density at radius 2 is 1.44 bits per heavy atom. The van der Waals surface area contributed by atoms with Crippen molar-refractivity contribution in [3.8, 4) is 5.75 Å². The molecule has 0 saturated heterocycles. The van der Waals surface area contributed by atoms with Crippen molar-refractivity contribution in [2.24, 2.45) is 0 Å². The zero-order valence-electron chi connectivity index (χ0n) is 19.6. The smallest absolute Gasteiger partial charge is 0.257 e. The average Bonchev–Trinajstić information content (AvgIpc) is 2.79. The third-order valence-corrected chi connectivity index (χ3v) is 5.32. The highest BCUT2D eigenvalue weighted by atomic mass is 32.1. The highest BCUT2D eigenvalue weighted by Gasteiger charge is 2.15. The lowest BCUT2D eigenvalue weighted by atomic mass is 9.87. The van der Waals surface area contributed by atoms with E-state index in [1.165, 1.54) is 7.11 Å². The van der Waals surface area contributed by atoms with Gasteiger partial charge in [-0.25, -0.2) is 0 Å². The first-order chi connectivity index (χ1) is 16.1. The second-order valence-electron chi connectivity index (χ2n) is 8.73. The van der Waals surface area contributed by atoms with Gasteiger partial charge in [-0.2, -0.15) is 0 Å². The summed E-state index contributed by atoms with van der Waals surface area (Å²) in [7, 11) is 1.50. The van der Waals surface area contributed by atoms with Gasteiger partial charge in [0.1, 0.15) is 5.75 Å². The molecule has 0 aliphatic heterocycles. The normalized spacial score (nSPS) is 10.8. The average molecular weight is 477 g/mol. The number of hydrogen-bond acceptors (Lipinski definition) is 5. The molecule has 2 amide bonds. The van der Waals surface area contributed by atoms with Crippen LogP contribution >= 0.6 is 12.2 Å². The van der Waals surface area contributed by atoms with Gasteiger partial charge in [0.15, 0.2) is 5.11 Å². The standard InChI is InChI=1S/C26H28N4O3S/c1-26(2,3)18-9-5-16(6-10-18)24(32)30-25(34)28-20-13-14-21(22(15-20)33-4)29-23(31)17-7-11-19(27)12-8-17/h5-15H,27H2,1-4H3,(H,29,31)(H2,28,30,32,34). The first-order valence-corrected chi connectivity index (χ1v) is 11.1. The molecule has 0 heterocycles. The topological polar surface area (TPSA) is 105 Å². The van der Waals surface area contributed by atoms with Gasteiger partial charge >= 0.3 is 0 Å². The van der Waals surface area contributed by atoms with E-state index in [0.29, 0.717) is 33.9 Å². The summed E-state index contributed by atoms with van der Waals surface area (Å²) in [5.41, 5.74) is 9.46. The number of thiocarbonyl (C=S) groups is 1. The Morgan fingerprint density at radius 1 is 0.853 bits per heavy atom. The molecule has 0 radical (unpaired) electrons. The molecular weight excluding hydrogens is 448 g/mol. The summed E-state index contributed by atoms with van der Waals surface area (Å²) >= 11 is 5.29. The van der Waals surface area contributed by atoms with Gasteiger partial charge in [-0.1, -0.05) is 32.9 Å². The molecular formula is C26H28N4O3S. The molecule has 5 N–H and O–H groups in total. The molecule has 0 bridgehead atoms. The van der Waals surface area contributed by atoms with Crippen molar-refractivity contribution in [1.82, 2.24) is 5.32 Å². The summed E-state index contributed by atoms with van der Waals surface area (Å²) in [4.78, 5) is 25.0. The molecule has 3 rings (SSSR count). The minimum atomic E-state index is -0.308.